The molecule has 2 aromatic rings. The van der Waals surface area contributed by atoms with Crippen LogP contribution in [0.2, 0.25) is 0 Å². The van der Waals surface area contributed by atoms with Gasteiger partial charge < -0.3 is 20.5 Å². The van der Waals surface area contributed by atoms with E-state index in [4.69, 9.17) is 15.2 Å². The minimum atomic E-state index is -0.488. The fraction of sp³-hybridized carbons (Fsp3) is 0.500. The molecule has 1 saturated heterocycles. The van der Waals surface area contributed by atoms with Crippen LogP contribution >= 0.6 is 0 Å². The number of hydrogen-bond donors (Lipinski definition) is 2. The topological polar surface area (TPSA) is 69.4 Å². The van der Waals surface area contributed by atoms with E-state index in [-0.39, 0.29) is 5.41 Å². The Hall–Kier alpha value is -1.85. The number of pyridine rings is 1. The zero-order chi connectivity index (χ0) is 16.5. The van der Waals surface area contributed by atoms with Gasteiger partial charge in [-0.2, -0.15) is 0 Å². The molecule has 0 aliphatic carbocycles. The molecule has 1 aromatic heterocycles. The monoisotopic (exact) mass is 315 g/mol. The van der Waals surface area contributed by atoms with Crippen molar-refractivity contribution in [1.29, 1.82) is 0 Å². The first kappa shape index (κ1) is 16.0. The van der Waals surface area contributed by atoms with E-state index in [1.54, 1.807) is 6.20 Å². The van der Waals surface area contributed by atoms with Crippen molar-refractivity contribution in [1.82, 2.24) is 4.98 Å². The summed E-state index contributed by atoms with van der Waals surface area (Å²) in [6.45, 7) is 8.50. The number of anilines is 2. The standard InChI is InChI=1S/C18H25N3O2/c1-17(2,11-18(3)22-8-9-23-18)12-21-15-10-20-14-7-5-4-6-13(14)16(15)19/h4-7,10,21H,8-9,11-12H2,1-3H3,(H2,19,20). The first-order valence-corrected chi connectivity index (χ1v) is 8.04. The van der Waals surface area contributed by atoms with E-state index in [0.717, 1.165) is 35.2 Å². The molecule has 0 unspecified atom stereocenters. The number of benzene rings is 1. The second-order valence-electron chi connectivity index (χ2n) is 7.13. The summed E-state index contributed by atoms with van der Waals surface area (Å²) in [5, 5.41) is 4.41. The third-order valence-corrected chi connectivity index (χ3v) is 4.27. The number of hydrogen-bond acceptors (Lipinski definition) is 5. The molecule has 1 fully saturated rings. The molecule has 3 rings (SSSR count). The summed E-state index contributed by atoms with van der Waals surface area (Å²) < 4.78 is 11.4. The molecule has 0 bridgehead atoms. The fourth-order valence-electron chi connectivity index (χ4n) is 3.23. The molecule has 0 spiro atoms. The highest BCUT2D eigenvalue weighted by Crippen LogP contribution is 2.35. The zero-order valence-corrected chi connectivity index (χ0v) is 14.1. The van der Waals surface area contributed by atoms with E-state index in [0.29, 0.717) is 13.2 Å². The number of fused-ring (bicyclic) bond motifs is 1. The summed E-state index contributed by atoms with van der Waals surface area (Å²) in [4.78, 5) is 4.47. The molecule has 1 aliphatic heterocycles. The van der Waals surface area contributed by atoms with Crippen molar-refractivity contribution in [2.75, 3.05) is 30.8 Å². The maximum Gasteiger partial charge on any atom is 0.166 e. The van der Waals surface area contributed by atoms with Gasteiger partial charge in [-0.1, -0.05) is 32.0 Å². The number of nitrogens with zero attached hydrogens (tertiary/aromatic N) is 1. The van der Waals surface area contributed by atoms with Crippen molar-refractivity contribution in [3.8, 4) is 0 Å². The van der Waals surface area contributed by atoms with Crippen LogP contribution in [-0.2, 0) is 9.47 Å². The van der Waals surface area contributed by atoms with Crippen molar-refractivity contribution < 1.29 is 9.47 Å². The van der Waals surface area contributed by atoms with Crippen molar-refractivity contribution in [3.05, 3.63) is 30.5 Å². The number of rotatable bonds is 5. The third-order valence-electron chi connectivity index (χ3n) is 4.27. The molecule has 3 N–H and O–H groups in total. The second-order valence-corrected chi connectivity index (χ2v) is 7.13. The molecule has 1 aromatic carbocycles. The zero-order valence-electron chi connectivity index (χ0n) is 14.1. The number of ether oxygens (including phenoxy) is 2. The predicted octanol–water partition coefficient (Wildman–Crippen LogP) is 3.41. The second kappa shape index (κ2) is 5.98. The third kappa shape index (κ3) is 3.57. The van der Waals surface area contributed by atoms with Gasteiger partial charge in [0.25, 0.3) is 0 Å². The van der Waals surface area contributed by atoms with E-state index in [1.165, 1.54) is 0 Å². The van der Waals surface area contributed by atoms with Gasteiger partial charge in [-0.25, -0.2) is 0 Å². The lowest BCUT2D eigenvalue weighted by Gasteiger charge is -2.33. The smallest absolute Gasteiger partial charge is 0.166 e. The van der Waals surface area contributed by atoms with E-state index in [9.17, 15) is 0 Å². The maximum absolute atomic E-state index is 6.29. The highest BCUT2D eigenvalue weighted by molar-refractivity contribution is 5.96. The summed E-state index contributed by atoms with van der Waals surface area (Å²) in [5.41, 5.74) is 8.81. The van der Waals surface area contributed by atoms with Gasteiger partial charge in [0.05, 0.1) is 36.3 Å². The highest BCUT2D eigenvalue weighted by Gasteiger charge is 2.37. The maximum atomic E-state index is 6.29. The van der Waals surface area contributed by atoms with Crippen molar-refractivity contribution >= 4 is 22.3 Å². The van der Waals surface area contributed by atoms with Crippen LogP contribution in [0, 0.1) is 5.41 Å². The van der Waals surface area contributed by atoms with Gasteiger partial charge in [-0.05, 0) is 18.4 Å². The highest BCUT2D eigenvalue weighted by atomic mass is 16.7. The molecular formula is C18H25N3O2. The molecule has 0 amide bonds. The average Bonchev–Trinajstić information content (AvgIpc) is 2.92. The Morgan fingerprint density at radius 3 is 2.70 bits per heavy atom. The van der Waals surface area contributed by atoms with Crippen LogP contribution in [0.25, 0.3) is 10.9 Å². The quantitative estimate of drug-likeness (QED) is 0.885. The summed E-state index contributed by atoms with van der Waals surface area (Å²) in [7, 11) is 0. The SMILES string of the molecule is CC(C)(CNc1cnc2ccccc2c1N)CC1(C)OCCO1. The van der Waals surface area contributed by atoms with Gasteiger partial charge in [-0.3, -0.25) is 4.98 Å². The Bertz CT molecular complexity index is 694. The fourth-order valence-corrected chi connectivity index (χ4v) is 3.23. The Morgan fingerprint density at radius 1 is 1.26 bits per heavy atom. The molecular weight excluding hydrogens is 290 g/mol. The lowest BCUT2D eigenvalue weighted by atomic mass is 9.85. The van der Waals surface area contributed by atoms with Crippen LogP contribution in [-0.4, -0.2) is 30.5 Å². The van der Waals surface area contributed by atoms with Gasteiger partial charge in [0.2, 0.25) is 0 Å². The summed E-state index contributed by atoms with van der Waals surface area (Å²) in [5.74, 6) is -0.488. The number of nitrogen functional groups attached to an aromatic ring is 1. The molecule has 124 valence electrons. The summed E-state index contributed by atoms with van der Waals surface area (Å²) in [6.07, 6.45) is 2.62. The normalized spacial score (nSPS) is 17.5. The van der Waals surface area contributed by atoms with Gasteiger partial charge in [0, 0.05) is 18.4 Å². The Kier molecular flexibility index (Phi) is 4.17. The van der Waals surface area contributed by atoms with Crippen LogP contribution in [0.1, 0.15) is 27.2 Å². The summed E-state index contributed by atoms with van der Waals surface area (Å²) in [6, 6.07) is 7.90. The summed E-state index contributed by atoms with van der Waals surface area (Å²) >= 11 is 0. The molecule has 0 saturated carbocycles. The minimum absolute atomic E-state index is 0.00280. The Balaban J connectivity index is 1.71. The molecule has 0 atom stereocenters. The van der Waals surface area contributed by atoms with Gasteiger partial charge >= 0.3 is 0 Å². The largest absolute Gasteiger partial charge is 0.396 e. The van der Waals surface area contributed by atoms with E-state index < -0.39 is 5.79 Å². The molecule has 23 heavy (non-hydrogen) atoms. The molecule has 5 nitrogen and oxygen atoms in total. The molecule has 0 radical (unpaired) electrons. The minimum Gasteiger partial charge on any atom is -0.396 e. The molecule has 1 aliphatic rings. The van der Waals surface area contributed by atoms with Crippen molar-refractivity contribution in [2.45, 2.75) is 33.0 Å². The number of aromatic nitrogens is 1. The van der Waals surface area contributed by atoms with Crippen LogP contribution in [0.5, 0.6) is 0 Å². The van der Waals surface area contributed by atoms with Gasteiger partial charge in [0.15, 0.2) is 5.79 Å². The number of nitrogens with two attached hydrogens (primary N) is 1. The Labute approximate surface area is 137 Å². The van der Waals surface area contributed by atoms with Crippen LogP contribution < -0.4 is 11.1 Å². The van der Waals surface area contributed by atoms with Crippen molar-refractivity contribution in [3.63, 3.8) is 0 Å². The van der Waals surface area contributed by atoms with Crippen LogP contribution in [0.4, 0.5) is 11.4 Å². The number of nitrogens with one attached hydrogen (secondary N) is 1. The van der Waals surface area contributed by atoms with E-state index >= 15 is 0 Å². The van der Waals surface area contributed by atoms with E-state index in [2.05, 4.69) is 24.1 Å². The first-order chi connectivity index (χ1) is 10.9. The molecule has 5 heteroatoms. The van der Waals surface area contributed by atoms with Gasteiger partial charge in [0.1, 0.15) is 0 Å². The first-order valence-electron chi connectivity index (χ1n) is 8.04. The van der Waals surface area contributed by atoms with Crippen LogP contribution in [0.15, 0.2) is 30.5 Å². The van der Waals surface area contributed by atoms with Crippen LogP contribution in [0.3, 0.4) is 0 Å². The number of para-hydroxylation sites is 1. The average molecular weight is 315 g/mol. The van der Waals surface area contributed by atoms with Crippen molar-refractivity contribution in [2.24, 2.45) is 5.41 Å². The van der Waals surface area contributed by atoms with Gasteiger partial charge in [-0.15, -0.1) is 0 Å². The lowest BCUT2D eigenvalue weighted by molar-refractivity contribution is -0.162. The Morgan fingerprint density at radius 2 is 1.96 bits per heavy atom. The predicted molar refractivity (Wildman–Crippen MR) is 93.4 cm³/mol. The van der Waals surface area contributed by atoms with E-state index in [1.807, 2.05) is 31.2 Å². The lowest BCUT2D eigenvalue weighted by Crippen LogP contribution is -2.36. The molecule has 2 heterocycles.